The molecule has 1 aromatic heterocycles. The number of hydrogen-bond donors (Lipinski definition) is 0. The molecular weight excluding hydrogens is 252 g/mol. The van der Waals surface area contributed by atoms with Crippen molar-refractivity contribution in [2.24, 2.45) is 0 Å². The molecule has 4 heteroatoms. The van der Waals surface area contributed by atoms with Crippen LogP contribution in [0.15, 0.2) is 71.5 Å². The highest BCUT2D eigenvalue weighted by Gasteiger charge is 2.13. The van der Waals surface area contributed by atoms with Crippen molar-refractivity contribution in [1.82, 2.24) is 9.36 Å². The number of aromatic nitrogens is 2. The second kappa shape index (κ2) is 5.01. The van der Waals surface area contributed by atoms with Crippen molar-refractivity contribution in [3.63, 3.8) is 0 Å². The van der Waals surface area contributed by atoms with E-state index in [0.717, 1.165) is 15.9 Å². The summed E-state index contributed by atoms with van der Waals surface area (Å²) in [5, 5.41) is 0. The lowest BCUT2D eigenvalue weighted by Gasteiger charge is -2.11. The smallest absolute Gasteiger partial charge is 0.274 e. The topological polar surface area (TPSA) is 44.0 Å². The van der Waals surface area contributed by atoms with Gasteiger partial charge in [-0.2, -0.15) is 4.68 Å². The van der Waals surface area contributed by atoms with E-state index in [9.17, 15) is 9.59 Å². The van der Waals surface area contributed by atoms with Crippen molar-refractivity contribution in [3.05, 3.63) is 77.1 Å². The molecular formula is C16H12N2O2. The summed E-state index contributed by atoms with van der Waals surface area (Å²) < 4.78 is 2.68. The molecule has 2 aromatic carbocycles. The van der Waals surface area contributed by atoms with Crippen LogP contribution in [0, 0.1) is 0 Å². The molecule has 3 aromatic rings. The molecule has 0 bridgehead atoms. The Morgan fingerprint density at radius 3 is 2.05 bits per heavy atom. The molecule has 0 atom stereocenters. The lowest BCUT2D eigenvalue weighted by Crippen LogP contribution is -2.21. The maximum atomic E-state index is 11.9. The molecule has 3 rings (SSSR count). The summed E-state index contributed by atoms with van der Waals surface area (Å²) in [5.41, 5.74) is 1.99. The van der Waals surface area contributed by atoms with Gasteiger partial charge in [-0.15, -0.1) is 0 Å². The molecule has 0 amide bonds. The SMILES string of the molecule is O=Cn1c(=O)cc(-c2ccccc2)n1-c1ccccc1. The minimum absolute atomic E-state index is 0.345. The first-order chi connectivity index (χ1) is 9.81. The second-order valence-electron chi connectivity index (χ2n) is 4.33. The summed E-state index contributed by atoms with van der Waals surface area (Å²) in [6, 6.07) is 20.3. The monoisotopic (exact) mass is 264 g/mol. The molecule has 0 spiro atoms. The summed E-state index contributed by atoms with van der Waals surface area (Å²) in [7, 11) is 0. The molecule has 0 aliphatic rings. The van der Waals surface area contributed by atoms with Gasteiger partial charge in [0.25, 0.3) is 5.56 Å². The Bertz CT molecular complexity index is 786. The number of hydrogen-bond acceptors (Lipinski definition) is 2. The third-order valence-corrected chi connectivity index (χ3v) is 3.10. The molecule has 0 saturated carbocycles. The van der Waals surface area contributed by atoms with Crippen LogP contribution >= 0.6 is 0 Å². The highest BCUT2D eigenvalue weighted by Crippen LogP contribution is 2.21. The summed E-state index contributed by atoms with van der Waals surface area (Å²) in [4.78, 5) is 23.2. The molecule has 0 unspecified atom stereocenters. The first kappa shape index (κ1) is 12.2. The van der Waals surface area contributed by atoms with E-state index in [1.807, 2.05) is 60.7 Å². The zero-order valence-corrected chi connectivity index (χ0v) is 10.6. The first-order valence-corrected chi connectivity index (χ1v) is 6.22. The minimum atomic E-state index is -0.345. The third-order valence-electron chi connectivity index (χ3n) is 3.10. The van der Waals surface area contributed by atoms with E-state index in [1.54, 1.807) is 4.68 Å². The lowest BCUT2D eigenvalue weighted by atomic mass is 10.1. The van der Waals surface area contributed by atoms with E-state index in [2.05, 4.69) is 0 Å². The van der Waals surface area contributed by atoms with Gasteiger partial charge in [0.2, 0.25) is 6.41 Å². The van der Waals surface area contributed by atoms with Gasteiger partial charge in [0, 0.05) is 11.6 Å². The number of para-hydroxylation sites is 1. The van der Waals surface area contributed by atoms with Gasteiger partial charge >= 0.3 is 0 Å². The summed E-state index contributed by atoms with van der Waals surface area (Å²) in [6.45, 7) is 0. The Hall–Kier alpha value is -2.88. The van der Waals surface area contributed by atoms with E-state index < -0.39 is 0 Å². The standard InChI is InChI=1S/C16H12N2O2/c19-12-17-16(20)11-15(13-7-3-1-4-8-13)18(17)14-9-5-2-6-10-14/h1-12H. The van der Waals surface area contributed by atoms with E-state index in [-0.39, 0.29) is 5.56 Å². The van der Waals surface area contributed by atoms with Gasteiger partial charge in [-0.05, 0) is 12.1 Å². The molecule has 0 aliphatic carbocycles. The van der Waals surface area contributed by atoms with Gasteiger partial charge in [0.05, 0.1) is 11.4 Å². The minimum Gasteiger partial charge on any atom is -0.276 e. The second-order valence-corrected chi connectivity index (χ2v) is 4.33. The average Bonchev–Trinajstić information content (AvgIpc) is 2.85. The van der Waals surface area contributed by atoms with Crippen molar-refractivity contribution in [2.45, 2.75) is 0 Å². The average molecular weight is 264 g/mol. The highest BCUT2D eigenvalue weighted by atomic mass is 16.2. The van der Waals surface area contributed by atoms with Crippen molar-refractivity contribution in [2.75, 3.05) is 0 Å². The fourth-order valence-electron chi connectivity index (χ4n) is 2.21. The number of benzene rings is 2. The molecule has 98 valence electrons. The lowest BCUT2D eigenvalue weighted by molar-refractivity contribution is 0.531. The zero-order chi connectivity index (χ0) is 13.9. The Balaban J connectivity index is 2.32. The summed E-state index contributed by atoms with van der Waals surface area (Å²) in [6.07, 6.45) is 0.530. The van der Waals surface area contributed by atoms with E-state index >= 15 is 0 Å². The predicted octanol–water partition coefficient (Wildman–Crippen LogP) is 2.34. The Morgan fingerprint density at radius 1 is 0.850 bits per heavy atom. The summed E-state index contributed by atoms with van der Waals surface area (Å²) in [5.74, 6) is 0. The van der Waals surface area contributed by atoms with Gasteiger partial charge in [-0.25, -0.2) is 4.68 Å². The van der Waals surface area contributed by atoms with Crippen molar-refractivity contribution in [3.8, 4) is 16.9 Å². The number of nitrogens with zero attached hydrogens (tertiary/aromatic N) is 2. The van der Waals surface area contributed by atoms with Crippen LogP contribution in [0.25, 0.3) is 16.9 Å². The maximum absolute atomic E-state index is 11.9. The number of carbonyl (C=O) groups is 1. The number of carbonyl (C=O) groups excluding carboxylic acids is 1. The van der Waals surface area contributed by atoms with Crippen LogP contribution in [0.5, 0.6) is 0 Å². The Labute approximate surface area is 115 Å². The Morgan fingerprint density at radius 2 is 1.45 bits per heavy atom. The fraction of sp³-hybridized carbons (Fsp3) is 0. The quantitative estimate of drug-likeness (QED) is 0.681. The van der Waals surface area contributed by atoms with E-state index in [1.165, 1.54) is 6.07 Å². The maximum Gasteiger partial charge on any atom is 0.274 e. The van der Waals surface area contributed by atoms with Crippen molar-refractivity contribution < 1.29 is 4.79 Å². The Kier molecular flexibility index (Phi) is 3.05. The normalized spacial score (nSPS) is 10.4. The first-order valence-electron chi connectivity index (χ1n) is 6.22. The number of rotatable bonds is 3. The van der Waals surface area contributed by atoms with Crippen LogP contribution in [-0.2, 0) is 4.79 Å². The molecule has 4 nitrogen and oxygen atoms in total. The summed E-state index contributed by atoms with van der Waals surface area (Å²) >= 11 is 0. The molecule has 0 N–H and O–H groups in total. The zero-order valence-electron chi connectivity index (χ0n) is 10.6. The molecule has 20 heavy (non-hydrogen) atoms. The van der Waals surface area contributed by atoms with Gasteiger partial charge in [0.1, 0.15) is 0 Å². The molecule has 0 fully saturated rings. The molecule has 0 aliphatic heterocycles. The van der Waals surface area contributed by atoms with E-state index in [0.29, 0.717) is 12.1 Å². The van der Waals surface area contributed by atoms with Crippen molar-refractivity contribution >= 4 is 6.41 Å². The highest BCUT2D eigenvalue weighted by molar-refractivity contribution is 5.65. The molecule has 0 saturated heterocycles. The van der Waals surface area contributed by atoms with Crippen LogP contribution in [0.4, 0.5) is 0 Å². The van der Waals surface area contributed by atoms with Crippen LogP contribution < -0.4 is 5.56 Å². The fourth-order valence-corrected chi connectivity index (χ4v) is 2.21. The molecule has 0 radical (unpaired) electrons. The van der Waals surface area contributed by atoms with Crippen LogP contribution in [0.2, 0.25) is 0 Å². The predicted molar refractivity (Wildman–Crippen MR) is 77.6 cm³/mol. The van der Waals surface area contributed by atoms with Crippen LogP contribution in [0.3, 0.4) is 0 Å². The third kappa shape index (κ3) is 1.97. The largest absolute Gasteiger partial charge is 0.276 e. The van der Waals surface area contributed by atoms with E-state index in [4.69, 9.17) is 0 Å². The van der Waals surface area contributed by atoms with Gasteiger partial charge < -0.3 is 0 Å². The van der Waals surface area contributed by atoms with Gasteiger partial charge in [-0.1, -0.05) is 48.5 Å². The van der Waals surface area contributed by atoms with Crippen molar-refractivity contribution in [1.29, 1.82) is 0 Å². The van der Waals surface area contributed by atoms with Gasteiger partial charge in [0.15, 0.2) is 0 Å². The molecule has 1 heterocycles. The van der Waals surface area contributed by atoms with Crippen LogP contribution in [-0.4, -0.2) is 15.8 Å². The van der Waals surface area contributed by atoms with Gasteiger partial charge in [-0.3, -0.25) is 9.59 Å². The van der Waals surface area contributed by atoms with Crippen LogP contribution in [0.1, 0.15) is 0 Å².